The van der Waals surface area contributed by atoms with Crippen molar-refractivity contribution >= 4 is 35.7 Å². The molecule has 3 aliphatic heterocycles. The van der Waals surface area contributed by atoms with Gasteiger partial charge in [0.1, 0.15) is 11.6 Å². The van der Waals surface area contributed by atoms with Crippen molar-refractivity contribution in [3.05, 3.63) is 88.2 Å². The summed E-state index contributed by atoms with van der Waals surface area (Å²) in [5, 5.41) is 4.68. The minimum Gasteiger partial charge on any atom is -0.458 e. The third kappa shape index (κ3) is 5.55. The van der Waals surface area contributed by atoms with E-state index >= 15 is 4.39 Å². The van der Waals surface area contributed by atoms with Gasteiger partial charge in [0.2, 0.25) is 7.28 Å². The van der Waals surface area contributed by atoms with Gasteiger partial charge in [0.15, 0.2) is 17.3 Å². The Kier molecular flexibility index (Phi) is 8.02. The maximum Gasteiger partial charge on any atom is 0.241 e. The molecule has 1 radical (unpaired) electrons. The quantitative estimate of drug-likeness (QED) is 0.134. The lowest BCUT2D eigenvalue weighted by Crippen LogP contribution is -2.51. The standard InChI is InChI=1S/C33H38BF2N4O2S/c1-6-8-10-23-18-33(24-11-9-12-25(35)29(24)41-23)22(7-2)19-40-30(31(40)38-33)34-28-17-21-16-27(42-36)20(15-26(21)37-28)13-14-32(3,4)39-43-5/h7,9-12,15-17,37-39H,6,8,13-14,18-19H2,1-5H3/b22-7-,23-10-. The molecule has 0 saturated carbocycles. The zero-order chi connectivity index (χ0) is 30.4. The van der Waals surface area contributed by atoms with E-state index in [0.29, 0.717) is 25.1 Å². The first kappa shape index (κ1) is 29.7. The topological polar surface area (TPSA) is 61.3 Å². The normalized spacial score (nSPS) is 21.2. The highest BCUT2D eigenvalue weighted by Gasteiger charge is 2.52. The molecule has 4 heterocycles. The van der Waals surface area contributed by atoms with E-state index in [1.807, 2.05) is 31.4 Å². The molecule has 2 aromatic carbocycles. The smallest absolute Gasteiger partial charge is 0.241 e. The van der Waals surface area contributed by atoms with E-state index in [-0.39, 0.29) is 17.1 Å². The van der Waals surface area contributed by atoms with Crippen LogP contribution >= 0.6 is 11.9 Å². The number of nitrogens with zero attached hydrogens (tertiary/aromatic N) is 1. The van der Waals surface area contributed by atoms with Gasteiger partial charge >= 0.3 is 0 Å². The number of allylic oxidation sites excluding steroid dienone is 2. The molecule has 0 aliphatic carbocycles. The number of ether oxygens (including phenoxy) is 1. The number of nitrogens with one attached hydrogen (secondary N) is 3. The van der Waals surface area contributed by atoms with Gasteiger partial charge in [-0.25, -0.2) is 4.39 Å². The van der Waals surface area contributed by atoms with Crippen molar-refractivity contribution in [1.29, 1.82) is 0 Å². The van der Waals surface area contributed by atoms with E-state index in [1.54, 1.807) is 24.1 Å². The Bertz CT molecular complexity index is 1650. The number of aromatic nitrogens is 1. The number of aromatic amines is 1. The Labute approximate surface area is 257 Å². The van der Waals surface area contributed by atoms with Gasteiger partial charge in [0.05, 0.1) is 5.54 Å². The zero-order valence-corrected chi connectivity index (χ0v) is 26.2. The van der Waals surface area contributed by atoms with Crippen LogP contribution in [0.25, 0.3) is 10.9 Å². The van der Waals surface area contributed by atoms with Crippen molar-refractivity contribution in [1.82, 2.24) is 19.9 Å². The largest absolute Gasteiger partial charge is 0.458 e. The first-order valence-corrected chi connectivity index (χ1v) is 16.1. The van der Waals surface area contributed by atoms with E-state index in [0.717, 1.165) is 64.1 Å². The molecule has 3 aromatic rings. The SMILES string of the molecule is C/C=C1/CN2C([B]c3cc4cc(OF)c(CCC(C)(C)NSC)cc4[nH]3)=C2NC12C/C(=C/CCC)Oc1c(F)cccc12. The van der Waals surface area contributed by atoms with Crippen LogP contribution in [0.1, 0.15) is 64.5 Å². The van der Waals surface area contributed by atoms with Gasteiger partial charge in [-0.15, -0.1) is 0 Å². The molecule has 225 valence electrons. The molecule has 1 spiro atoms. The molecule has 6 rings (SSSR count). The summed E-state index contributed by atoms with van der Waals surface area (Å²) in [5.41, 5.74) is 5.04. The molecule has 1 saturated heterocycles. The van der Waals surface area contributed by atoms with Gasteiger partial charge in [0.25, 0.3) is 0 Å². The van der Waals surface area contributed by atoms with Gasteiger partial charge in [-0.1, -0.05) is 43.5 Å². The molecule has 3 N–H and O–H groups in total. The van der Waals surface area contributed by atoms with Gasteiger partial charge in [-0.2, -0.15) is 0 Å². The van der Waals surface area contributed by atoms with Crippen LogP contribution in [0.5, 0.6) is 11.5 Å². The lowest BCUT2D eigenvalue weighted by Gasteiger charge is -2.45. The molecule has 1 atom stereocenters. The Balaban J connectivity index is 1.28. The molecule has 10 heteroatoms. The molecular formula is C33H38BF2N4O2S. The van der Waals surface area contributed by atoms with E-state index in [1.165, 1.54) is 11.6 Å². The Morgan fingerprint density at radius 1 is 1.28 bits per heavy atom. The molecule has 43 heavy (non-hydrogen) atoms. The second-order valence-electron chi connectivity index (χ2n) is 12.2. The number of halogens is 2. The number of aryl methyl sites for hydroxylation is 1. The number of hydrogen-bond donors (Lipinski definition) is 3. The molecule has 0 amide bonds. The van der Waals surface area contributed by atoms with E-state index in [2.05, 4.69) is 65.1 Å². The molecule has 3 aliphatic rings. The first-order valence-electron chi connectivity index (χ1n) is 14.9. The maximum absolute atomic E-state index is 15.1. The van der Waals surface area contributed by atoms with Crippen LogP contribution in [0, 0.1) is 5.82 Å². The summed E-state index contributed by atoms with van der Waals surface area (Å²) in [4.78, 5) is 10.0. The van der Waals surface area contributed by atoms with Gasteiger partial charge in [-0.05, 0) is 87.8 Å². The van der Waals surface area contributed by atoms with Gasteiger partial charge in [-0.3, -0.25) is 9.66 Å². The fourth-order valence-corrected chi connectivity index (χ4v) is 7.02. The molecule has 1 fully saturated rings. The van der Waals surface area contributed by atoms with E-state index in [4.69, 9.17) is 4.74 Å². The van der Waals surface area contributed by atoms with Gasteiger partial charge in [0, 0.05) is 50.7 Å². The Morgan fingerprint density at radius 3 is 2.86 bits per heavy atom. The minimum absolute atomic E-state index is 0.0966. The zero-order valence-electron chi connectivity index (χ0n) is 25.4. The van der Waals surface area contributed by atoms with Crippen molar-refractivity contribution in [3.8, 4) is 11.5 Å². The summed E-state index contributed by atoms with van der Waals surface area (Å²) < 4.78 is 38.1. The first-order chi connectivity index (χ1) is 20.7. The summed E-state index contributed by atoms with van der Waals surface area (Å²) >= 11 is 1.58. The molecule has 0 bridgehead atoms. The minimum atomic E-state index is -0.590. The maximum atomic E-state index is 15.1. The summed E-state index contributed by atoms with van der Waals surface area (Å²) in [6, 6.07) is 10.9. The summed E-state index contributed by atoms with van der Waals surface area (Å²) in [7, 11) is 2.11. The lowest BCUT2D eigenvalue weighted by molar-refractivity contribution is -0.00723. The van der Waals surface area contributed by atoms with Crippen LogP contribution in [0.15, 0.2) is 71.3 Å². The number of rotatable bonds is 10. The molecule has 1 unspecified atom stereocenters. The third-order valence-electron chi connectivity index (χ3n) is 8.67. The van der Waals surface area contributed by atoms with Crippen LogP contribution in [0.3, 0.4) is 0 Å². The summed E-state index contributed by atoms with van der Waals surface area (Å²) in [6.45, 7) is 9.13. The van der Waals surface area contributed by atoms with Crippen LogP contribution in [-0.2, 0) is 12.0 Å². The second-order valence-corrected chi connectivity index (χ2v) is 12.8. The van der Waals surface area contributed by atoms with Crippen LogP contribution in [0.2, 0.25) is 0 Å². The number of fused-ring (bicyclic) bond motifs is 4. The number of para-hydroxylation sites is 1. The number of unbranched alkanes of at least 4 members (excludes halogenated alkanes) is 1. The Hall–Kier alpha value is -3.37. The average Bonchev–Trinajstić information content (AvgIpc) is 3.47. The van der Waals surface area contributed by atoms with Crippen molar-refractivity contribution in [2.45, 2.75) is 70.9 Å². The highest BCUT2D eigenvalue weighted by atomic mass is 32.2. The number of benzene rings is 2. The van der Waals surface area contributed by atoms with Gasteiger partial charge < -0.3 is 19.9 Å². The average molecular weight is 604 g/mol. The summed E-state index contributed by atoms with van der Waals surface area (Å²) in [6.07, 6.45) is 10.2. The van der Waals surface area contributed by atoms with Crippen LogP contribution in [-0.4, -0.2) is 35.5 Å². The van der Waals surface area contributed by atoms with Crippen LogP contribution in [0.4, 0.5) is 8.92 Å². The Morgan fingerprint density at radius 2 is 2.12 bits per heavy atom. The monoisotopic (exact) mass is 603 g/mol. The van der Waals surface area contributed by atoms with Crippen molar-refractivity contribution in [2.24, 2.45) is 0 Å². The summed E-state index contributed by atoms with van der Waals surface area (Å²) in [5.74, 6) is 2.01. The lowest BCUT2D eigenvalue weighted by atomic mass is 9.73. The highest BCUT2D eigenvalue weighted by molar-refractivity contribution is 7.96. The molecular weight excluding hydrogens is 565 g/mol. The predicted octanol–water partition coefficient (Wildman–Crippen LogP) is 6.83. The predicted molar refractivity (Wildman–Crippen MR) is 171 cm³/mol. The van der Waals surface area contributed by atoms with Crippen molar-refractivity contribution < 1.29 is 18.6 Å². The second kappa shape index (κ2) is 11.6. The molecule has 1 aromatic heterocycles. The fourth-order valence-electron chi connectivity index (χ4n) is 6.36. The van der Waals surface area contributed by atoms with E-state index < -0.39 is 5.54 Å². The van der Waals surface area contributed by atoms with Crippen LogP contribution < -0.4 is 25.3 Å². The van der Waals surface area contributed by atoms with E-state index in [9.17, 15) is 4.53 Å². The van der Waals surface area contributed by atoms with Crippen molar-refractivity contribution in [2.75, 3.05) is 12.8 Å². The highest BCUT2D eigenvalue weighted by Crippen LogP contribution is 2.52. The molecule has 6 nitrogen and oxygen atoms in total. The third-order valence-corrected chi connectivity index (χ3v) is 9.42. The number of H-pyrrole nitrogens is 1. The fraction of sp³-hybridized carbons (Fsp3) is 0.394. The van der Waals surface area contributed by atoms with Crippen molar-refractivity contribution in [3.63, 3.8) is 0 Å². The number of hydrogen-bond acceptors (Lipinski definition) is 6.